The van der Waals surface area contributed by atoms with Gasteiger partial charge in [-0.15, -0.1) is 0 Å². The summed E-state index contributed by atoms with van der Waals surface area (Å²) in [4.78, 5) is 15.2. The van der Waals surface area contributed by atoms with Crippen molar-refractivity contribution in [2.45, 2.75) is 6.42 Å². The van der Waals surface area contributed by atoms with Crippen molar-refractivity contribution in [3.05, 3.63) is 69.3 Å². The van der Waals surface area contributed by atoms with Crippen LogP contribution in [-0.2, 0) is 6.42 Å². The number of carbonyl (C=O) groups is 1. The summed E-state index contributed by atoms with van der Waals surface area (Å²) in [6.07, 6.45) is 2.73. The zero-order chi connectivity index (χ0) is 15.5. The highest BCUT2D eigenvalue weighted by Gasteiger charge is 2.07. The third kappa shape index (κ3) is 3.34. The van der Waals surface area contributed by atoms with E-state index in [4.69, 9.17) is 11.6 Å². The van der Waals surface area contributed by atoms with Crippen LogP contribution in [0.1, 0.15) is 15.9 Å². The molecule has 2 N–H and O–H groups in total. The van der Waals surface area contributed by atoms with Gasteiger partial charge >= 0.3 is 0 Å². The SMILES string of the molecule is O=C(NCCc1c[nH]c2cc(Cl)ccc12)c1ccc(Br)cc1. The zero-order valence-electron chi connectivity index (χ0n) is 11.7. The molecule has 0 radical (unpaired) electrons. The summed E-state index contributed by atoms with van der Waals surface area (Å²) >= 11 is 9.33. The third-order valence-electron chi connectivity index (χ3n) is 3.52. The first-order valence-electron chi connectivity index (χ1n) is 6.93. The molecule has 0 atom stereocenters. The van der Waals surface area contributed by atoms with Crippen LogP contribution in [0.5, 0.6) is 0 Å². The van der Waals surface area contributed by atoms with Gasteiger partial charge in [0.2, 0.25) is 0 Å². The van der Waals surface area contributed by atoms with Crippen LogP contribution in [0.4, 0.5) is 0 Å². The number of nitrogens with one attached hydrogen (secondary N) is 2. The highest BCUT2D eigenvalue weighted by molar-refractivity contribution is 9.10. The van der Waals surface area contributed by atoms with E-state index >= 15 is 0 Å². The van der Waals surface area contributed by atoms with E-state index in [1.807, 2.05) is 36.5 Å². The Hall–Kier alpha value is -1.78. The number of hydrogen-bond donors (Lipinski definition) is 2. The second-order valence-electron chi connectivity index (χ2n) is 5.02. The summed E-state index contributed by atoms with van der Waals surface area (Å²) in [5.74, 6) is -0.0598. The Bertz CT molecular complexity index is 811. The largest absolute Gasteiger partial charge is 0.361 e. The van der Waals surface area contributed by atoms with Crippen molar-refractivity contribution in [3.63, 3.8) is 0 Å². The number of halogens is 2. The Morgan fingerprint density at radius 3 is 2.73 bits per heavy atom. The first-order valence-corrected chi connectivity index (χ1v) is 8.10. The number of rotatable bonds is 4. The molecule has 0 fully saturated rings. The van der Waals surface area contributed by atoms with Gasteiger partial charge < -0.3 is 10.3 Å². The minimum atomic E-state index is -0.0598. The van der Waals surface area contributed by atoms with E-state index in [2.05, 4.69) is 26.2 Å². The Balaban J connectivity index is 1.62. The third-order valence-corrected chi connectivity index (χ3v) is 4.28. The average Bonchev–Trinajstić information content (AvgIpc) is 2.90. The Morgan fingerprint density at radius 2 is 1.95 bits per heavy atom. The van der Waals surface area contributed by atoms with Crippen LogP contribution in [0.15, 0.2) is 53.1 Å². The Labute approximate surface area is 141 Å². The molecule has 0 saturated heterocycles. The van der Waals surface area contributed by atoms with Crippen LogP contribution in [0.25, 0.3) is 10.9 Å². The predicted molar refractivity (Wildman–Crippen MR) is 93.5 cm³/mol. The second-order valence-corrected chi connectivity index (χ2v) is 6.37. The molecule has 0 aliphatic rings. The average molecular weight is 378 g/mol. The van der Waals surface area contributed by atoms with E-state index in [-0.39, 0.29) is 5.91 Å². The summed E-state index contributed by atoms with van der Waals surface area (Å²) in [7, 11) is 0. The molecule has 1 heterocycles. The number of amides is 1. The molecule has 112 valence electrons. The first-order chi connectivity index (χ1) is 10.6. The minimum Gasteiger partial charge on any atom is -0.361 e. The lowest BCUT2D eigenvalue weighted by atomic mass is 10.1. The maximum Gasteiger partial charge on any atom is 0.251 e. The predicted octanol–water partition coefficient (Wildman–Crippen LogP) is 4.56. The lowest BCUT2D eigenvalue weighted by molar-refractivity contribution is 0.0954. The molecule has 0 spiro atoms. The molecule has 3 aromatic rings. The standard InChI is InChI=1S/C17H14BrClN2O/c18-13-3-1-11(2-4-13)17(22)20-8-7-12-10-21-16-9-14(19)5-6-15(12)16/h1-6,9-10,21H,7-8H2,(H,20,22). The maximum absolute atomic E-state index is 12.0. The normalized spacial score (nSPS) is 10.8. The van der Waals surface area contributed by atoms with E-state index in [1.54, 1.807) is 12.1 Å². The molecule has 2 aromatic carbocycles. The Morgan fingerprint density at radius 1 is 1.18 bits per heavy atom. The van der Waals surface area contributed by atoms with Crippen molar-refractivity contribution < 1.29 is 4.79 Å². The van der Waals surface area contributed by atoms with Crippen LogP contribution >= 0.6 is 27.5 Å². The van der Waals surface area contributed by atoms with Crippen LogP contribution in [0.3, 0.4) is 0 Å². The molecule has 1 amide bonds. The molecular formula is C17H14BrClN2O. The highest BCUT2D eigenvalue weighted by atomic mass is 79.9. The van der Waals surface area contributed by atoms with E-state index < -0.39 is 0 Å². The number of carbonyl (C=O) groups excluding carboxylic acids is 1. The van der Waals surface area contributed by atoms with Gasteiger partial charge in [-0.05, 0) is 48.4 Å². The lowest BCUT2D eigenvalue weighted by Crippen LogP contribution is -2.25. The quantitative estimate of drug-likeness (QED) is 0.688. The van der Waals surface area contributed by atoms with Crippen molar-refractivity contribution in [2.75, 3.05) is 6.54 Å². The van der Waals surface area contributed by atoms with Crippen LogP contribution in [-0.4, -0.2) is 17.4 Å². The number of fused-ring (bicyclic) bond motifs is 1. The van der Waals surface area contributed by atoms with Crippen LogP contribution < -0.4 is 5.32 Å². The van der Waals surface area contributed by atoms with Crippen molar-refractivity contribution in [2.24, 2.45) is 0 Å². The maximum atomic E-state index is 12.0. The van der Waals surface area contributed by atoms with E-state index in [0.717, 1.165) is 21.8 Å². The first kappa shape index (κ1) is 15.1. The summed E-state index contributed by atoms with van der Waals surface area (Å²) < 4.78 is 0.960. The van der Waals surface area contributed by atoms with Gasteiger partial charge in [0, 0.05) is 38.7 Å². The molecule has 3 nitrogen and oxygen atoms in total. The number of hydrogen-bond acceptors (Lipinski definition) is 1. The zero-order valence-corrected chi connectivity index (χ0v) is 14.0. The van der Waals surface area contributed by atoms with Crippen molar-refractivity contribution in [1.29, 1.82) is 0 Å². The molecular weight excluding hydrogens is 364 g/mol. The molecule has 3 rings (SSSR count). The van der Waals surface area contributed by atoms with Gasteiger partial charge in [-0.1, -0.05) is 33.6 Å². The lowest BCUT2D eigenvalue weighted by Gasteiger charge is -2.05. The van der Waals surface area contributed by atoms with Gasteiger partial charge in [0.05, 0.1) is 0 Å². The van der Waals surface area contributed by atoms with Gasteiger partial charge in [-0.25, -0.2) is 0 Å². The molecule has 0 aliphatic carbocycles. The Kier molecular flexibility index (Phi) is 4.50. The summed E-state index contributed by atoms with van der Waals surface area (Å²) in [5.41, 5.74) is 2.85. The summed E-state index contributed by atoms with van der Waals surface area (Å²) in [6, 6.07) is 13.1. The van der Waals surface area contributed by atoms with Crippen molar-refractivity contribution >= 4 is 44.3 Å². The van der Waals surface area contributed by atoms with Crippen molar-refractivity contribution in [1.82, 2.24) is 10.3 Å². The minimum absolute atomic E-state index is 0.0598. The molecule has 0 aliphatic heterocycles. The molecule has 1 aromatic heterocycles. The van der Waals surface area contributed by atoms with Gasteiger partial charge in [0.1, 0.15) is 0 Å². The van der Waals surface area contributed by atoms with Crippen LogP contribution in [0.2, 0.25) is 5.02 Å². The summed E-state index contributed by atoms with van der Waals surface area (Å²) in [6.45, 7) is 0.588. The fourth-order valence-electron chi connectivity index (χ4n) is 2.38. The fraction of sp³-hybridized carbons (Fsp3) is 0.118. The van der Waals surface area contributed by atoms with Crippen LogP contribution in [0, 0.1) is 0 Å². The number of aromatic amines is 1. The number of aromatic nitrogens is 1. The second kappa shape index (κ2) is 6.55. The fourth-order valence-corrected chi connectivity index (χ4v) is 2.82. The van der Waals surface area contributed by atoms with E-state index in [9.17, 15) is 4.79 Å². The van der Waals surface area contributed by atoms with Gasteiger partial charge in [0.25, 0.3) is 5.91 Å². The summed E-state index contributed by atoms with van der Waals surface area (Å²) in [5, 5.41) is 4.79. The molecule has 5 heteroatoms. The number of H-pyrrole nitrogens is 1. The molecule has 0 saturated carbocycles. The van der Waals surface area contributed by atoms with Gasteiger partial charge in [-0.2, -0.15) is 0 Å². The molecule has 22 heavy (non-hydrogen) atoms. The topological polar surface area (TPSA) is 44.9 Å². The highest BCUT2D eigenvalue weighted by Crippen LogP contribution is 2.22. The molecule has 0 unspecified atom stereocenters. The molecule has 0 bridgehead atoms. The smallest absolute Gasteiger partial charge is 0.251 e. The van der Waals surface area contributed by atoms with Gasteiger partial charge in [0.15, 0.2) is 0 Å². The number of benzene rings is 2. The van der Waals surface area contributed by atoms with E-state index in [1.165, 1.54) is 5.56 Å². The van der Waals surface area contributed by atoms with Gasteiger partial charge in [-0.3, -0.25) is 4.79 Å². The van der Waals surface area contributed by atoms with Crippen molar-refractivity contribution in [3.8, 4) is 0 Å². The van der Waals surface area contributed by atoms with E-state index in [0.29, 0.717) is 17.1 Å². The monoisotopic (exact) mass is 376 g/mol.